The molecule has 152 valence electrons. The molecule has 0 saturated heterocycles. The second-order valence-corrected chi connectivity index (χ2v) is 9.22. The first-order valence-electron chi connectivity index (χ1n) is 8.70. The Balaban J connectivity index is 1.85. The highest BCUT2D eigenvalue weighted by Crippen LogP contribution is 2.35. The first kappa shape index (κ1) is 19.9. The third-order valence-corrected chi connectivity index (χ3v) is 7.12. The van der Waals surface area contributed by atoms with E-state index in [1.807, 2.05) is 0 Å². The largest absolute Gasteiger partial charge is 0.496 e. The van der Waals surface area contributed by atoms with Gasteiger partial charge in [0.1, 0.15) is 15.8 Å². The van der Waals surface area contributed by atoms with E-state index in [2.05, 4.69) is 15.9 Å². The quantitative estimate of drug-likeness (QED) is 0.487. The Labute approximate surface area is 176 Å². The molecule has 0 aliphatic rings. The Kier molecular flexibility index (Phi) is 5.15. The Morgan fingerprint density at radius 1 is 1.27 bits per heavy atom. The Bertz CT molecular complexity index is 1370. The lowest BCUT2D eigenvalue weighted by molar-refractivity contribution is 0.416. The number of rotatable bonds is 6. The van der Waals surface area contributed by atoms with E-state index in [0.717, 1.165) is 16.9 Å². The van der Waals surface area contributed by atoms with Crippen molar-refractivity contribution in [2.24, 2.45) is 0 Å². The molecule has 4 rings (SSSR count). The van der Waals surface area contributed by atoms with Crippen LogP contribution < -0.4 is 9.46 Å². The number of nitrogens with zero attached hydrogens (tertiary/aromatic N) is 3. The highest BCUT2D eigenvalue weighted by molar-refractivity contribution is 7.94. The fourth-order valence-electron chi connectivity index (χ4n) is 3.09. The van der Waals surface area contributed by atoms with Crippen molar-refractivity contribution in [3.63, 3.8) is 0 Å². The van der Waals surface area contributed by atoms with Crippen LogP contribution in [0.1, 0.15) is 11.1 Å². The number of halogens is 1. The summed E-state index contributed by atoms with van der Waals surface area (Å²) in [6, 6.07) is 14.5. The summed E-state index contributed by atoms with van der Waals surface area (Å²) in [6.45, 7) is 0.208. The minimum absolute atomic E-state index is 0.0340. The molecule has 30 heavy (non-hydrogen) atoms. The van der Waals surface area contributed by atoms with Gasteiger partial charge in [-0.25, -0.2) is 12.8 Å². The van der Waals surface area contributed by atoms with E-state index in [4.69, 9.17) is 10.00 Å². The highest BCUT2D eigenvalue weighted by Gasteiger charge is 2.23. The summed E-state index contributed by atoms with van der Waals surface area (Å²) in [5.74, 6) is -0.350. The van der Waals surface area contributed by atoms with Crippen LogP contribution in [-0.4, -0.2) is 25.3 Å². The Morgan fingerprint density at radius 2 is 2.10 bits per heavy atom. The minimum atomic E-state index is -3.87. The summed E-state index contributed by atoms with van der Waals surface area (Å²) in [6.07, 6.45) is 0. The Hall–Kier alpha value is -3.42. The second kappa shape index (κ2) is 7.78. The topological polar surface area (TPSA) is 97.0 Å². The van der Waals surface area contributed by atoms with Crippen molar-refractivity contribution in [3.8, 4) is 11.8 Å². The molecule has 4 aromatic rings. The van der Waals surface area contributed by atoms with Crippen molar-refractivity contribution in [2.45, 2.75) is 10.8 Å². The number of nitriles is 1. The van der Waals surface area contributed by atoms with Gasteiger partial charge in [0, 0.05) is 12.1 Å². The molecular weight excluding hydrogens is 427 g/mol. The van der Waals surface area contributed by atoms with Gasteiger partial charge in [-0.15, -0.1) is 11.3 Å². The smallest absolute Gasteiger partial charge is 0.272 e. The normalized spacial score (nSPS) is 11.4. The van der Waals surface area contributed by atoms with Gasteiger partial charge < -0.3 is 4.74 Å². The molecule has 0 unspecified atom stereocenters. The SMILES string of the molecule is COc1cc(F)cc2c1c(NS(=O)(=O)c1cccs1)nn2Cc1cccc(C#N)c1. The summed E-state index contributed by atoms with van der Waals surface area (Å²) in [7, 11) is -2.49. The zero-order valence-electron chi connectivity index (χ0n) is 15.7. The van der Waals surface area contributed by atoms with Crippen LogP contribution in [0.5, 0.6) is 5.75 Å². The second-order valence-electron chi connectivity index (χ2n) is 6.36. The number of fused-ring (bicyclic) bond motifs is 1. The van der Waals surface area contributed by atoms with Crippen LogP contribution in [-0.2, 0) is 16.6 Å². The van der Waals surface area contributed by atoms with Crippen LogP contribution in [0.4, 0.5) is 10.2 Å². The van der Waals surface area contributed by atoms with Crippen molar-refractivity contribution >= 4 is 38.1 Å². The number of ether oxygens (including phenoxy) is 1. The summed E-state index contributed by atoms with van der Waals surface area (Å²) in [4.78, 5) is 0. The van der Waals surface area contributed by atoms with E-state index in [1.54, 1.807) is 35.7 Å². The minimum Gasteiger partial charge on any atom is -0.496 e. The lowest BCUT2D eigenvalue weighted by atomic mass is 10.1. The van der Waals surface area contributed by atoms with Gasteiger partial charge >= 0.3 is 0 Å². The van der Waals surface area contributed by atoms with Crippen LogP contribution in [0.2, 0.25) is 0 Å². The molecule has 0 atom stereocenters. The maximum atomic E-state index is 14.2. The summed E-state index contributed by atoms with van der Waals surface area (Å²) >= 11 is 1.07. The predicted molar refractivity (Wildman–Crippen MR) is 112 cm³/mol. The lowest BCUT2D eigenvalue weighted by Gasteiger charge is -2.06. The van der Waals surface area contributed by atoms with Crippen molar-refractivity contribution in [2.75, 3.05) is 11.8 Å². The molecule has 2 aromatic heterocycles. The van der Waals surface area contributed by atoms with E-state index < -0.39 is 15.8 Å². The molecule has 0 bridgehead atoms. The summed E-state index contributed by atoms with van der Waals surface area (Å²) < 4.78 is 49.0. The monoisotopic (exact) mass is 442 g/mol. The van der Waals surface area contributed by atoms with Crippen LogP contribution in [0, 0.1) is 17.1 Å². The molecule has 10 heteroatoms. The van der Waals surface area contributed by atoms with Gasteiger partial charge in [-0.2, -0.15) is 10.4 Å². The van der Waals surface area contributed by atoms with Crippen molar-refractivity contribution < 1.29 is 17.5 Å². The molecule has 2 heterocycles. The molecule has 2 aromatic carbocycles. The predicted octanol–water partition coefficient (Wildman–Crippen LogP) is 3.97. The van der Waals surface area contributed by atoms with Crippen molar-refractivity contribution in [3.05, 3.63) is 70.9 Å². The van der Waals surface area contributed by atoms with E-state index in [9.17, 15) is 12.8 Å². The number of sulfonamides is 1. The van der Waals surface area contributed by atoms with Gasteiger partial charge in [-0.1, -0.05) is 18.2 Å². The van der Waals surface area contributed by atoms with Crippen LogP contribution in [0.15, 0.2) is 58.1 Å². The number of nitrogens with one attached hydrogen (secondary N) is 1. The van der Waals surface area contributed by atoms with E-state index in [0.29, 0.717) is 16.5 Å². The first-order valence-corrected chi connectivity index (χ1v) is 11.1. The fraction of sp³-hybridized carbons (Fsp3) is 0.100. The third kappa shape index (κ3) is 3.72. The van der Waals surface area contributed by atoms with Gasteiger partial charge in [0.05, 0.1) is 36.2 Å². The zero-order chi connectivity index (χ0) is 21.3. The number of anilines is 1. The van der Waals surface area contributed by atoms with Gasteiger partial charge in [0.15, 0.2) is 5.82 Å². The molecule has 0 spiro atoms. The third-order valence-electron chi connectivity index (χ3n) is 4.38. The number of thiophene rings is 1. The average molecular weight is 442 g/mol. The van der Waals surface area contributed by atoms with Gasteiger partial charge in [0.25, 0.3) is 10.0 Å². The van der Waals surface area contributed by atoms with Crippen LogP contribution in [0.25, 0.3) is 10.9 Å². The van der Waals surface area contributed by atoms with Gasteiger partial charge in [0.2, 0.25) is 0 Å². The Morgan fingerprint density at radius 3 is 2.80 bits per heavy atom. The first-order chi connectivity index (χ1) is 14.4. The fourth-order valence-corrected chi connectivity index (χ4v) is 5.10. The molecule has 0 aliphatic carbocycles. The van der Waals surface area contributed by atoms with E-state index in [1.165, 1.54) is 30.0 Å². The van der Waals surface area contributed by atoms with Crippen molar-refractivity contribution in [1.29, 1.82) is 5.26 Å². The number of methoxy groups -OCH3 is 1. The van der Waals surface area contributed by atoms with E-state index >= 15 is 0 Å². The molecule has 0 fully saturated rings. The van der Waals surface area contributed by atoms with Crippen LogP contribution >= 0.6 is 11.3 Å². The average Bonchev–Trinajstić information content (AvgIpc) is 3.37. The molecule has 0 radical (unpaired) electrons. The molecule has 0 aliphatic heterocycles. The highest BCUT2D eigenvalue weighted by atomic mass is 32.2. The summed E-state index contributed by atoms with van der Waals surface area (Å²) in [5, 5.41) is 15.5. The maximum Gasteiger partial charge on any atom is 0.272 e. The standard InChI is InChI=1S/C20H15FN4O3S2/c1-28-17-10-15(21)9-16-19(17)20(24-30(26,27)18-6-3-7-29-18)23-25(16)12-14-5-2-4-13(8-14)11-22/h2-10H,12H2,1H3,(H,23,24). The molecule has 0 saturated carbocycles. The number of hydrogen-bond donors (Lipinski definition) is 1. The summed E-state index contributed by atoms with van der Waals surface area (Å²) in [5.41, 5.74) is 1.60. The molecular formula is C20H15FN4O3S2. The van der Waals surface area contributed by atoms with Crippen LogP contribution in [0.3, 0.4) is 0 Å². The number of aromatic nitrogens is 2. The zero-order valence-corrected chi connectivity index (χ0v) is 17.3. The van der Waals surface area contributed by atoms with Gasteiger partial charge in [-0.05, 0) is 29.1 Å². The van der Waals surface area contributed by atoms with Gasteiger partial charge in [-0.3, -0.25) is 9.40 Å². The van der Waals surface area contributed by atoms with E-state index in [-0.39, 0.29) is 22.3 Å². The lowest BCUT2D eigenvalue weighted by Crippen LogP contribution is -2.12. The molecule has 1 N–H and O–H groups in total. The molecule has 7 nitrogen and oxygen atoms in total. The number of benzene rings is 2. The maximum absolute atomic E-state index is 14.2. The number of hydrogen-bond acceptors (Lipinski definition) is 6. The van der Waals surface area contributed by atoms with Crippen molar-refractivity contribution in [1.82, 2.24) is 9.78 Å². The molecule has 0 amide bonds.